The van der Waals surface area contributed by atoms with Crippen molar-refractivity contribution >= 4 is 11.3 Å². The average Bonchev–Trinajstić information content (AvgIpc) is 2.95. The van der Waals surface area contributed by atoms with E-state index in [2.05, 4.69) is 4.98 Å². The van der Waals surface area contributed by atoms with Gasteiger partial charge in [0.15, 0.2) is 0 Å². The van der Waals surface area contributed by atoms with E-state index >= 15 is 0 Å². The van der Waals surface area contributed by atoms with Crippen LogP contribution in [0.25, 0.3) is 10.7 Å². The Morgan fingerprint density at radius 1 is 1.62 bits per heavy atom. The maximum absolute atomic E-state index is 8.62. The van der Waals surface area contributed by atoms with Gasteiger partial charge in [-0.15, -0.1) is 11.3 Å². The fraction of sp³-hybridized carbons (Fsp3) is 0.273. The standard InChI is InChI=1S/C11H12N4S/c12-8-9(13)3-5-15-6-4-14-11(15)10-2-1-7-16-10/h1-2,4,6-7,9H,3,5,13H2. The molecule has 0 aliphatic rings. The van der Waals surface area contributed by atoms with E-state index in [0.717, 1.165) is 17.2 Å². The quantitative estimate of drug-likeness (QED) is 0.874. The van der Waals surface area contributed by atoms with Crippen LogP contribution in [0.15, 0.2) is 29.9 Å². The minimum absolute atomic E-state index is 0.404. The zero-order valence-corrected chi connectivity index (χ0v) is 9.52. The molecule has 2 N–H and O–H groups in total. The maximum atomic E-state index is 8.62. The first-order valence-electron chi connectivity index (χ1n) is 5.01. The van der Waals surface area contributed by atoms with Gasteiger partial charge in [-0.05, 0) is 17.9 Å². The monoisotopic (exact) mass is 232 g/mol. The topological polar surface area (TPSA) is 67.6 Å². The van der Waals surface area contributed by atoms with Gasteiger partial charge in [0, 0.05) is 18.9 Å². The molecule has 0 aliphatic heterocycles. The normalized spacial score (nSPS) is 12.2. The molecule has 0 aliphatic carbocycles. The lowest BCUT2D eigenvalue weighted by molar-refractivity contribution is 0.610. The molecule has 1 atom stereocenters. The van der Waals surface area contributed by atoms with E-state index in [4.69, 9.17) is 11.0 Å². The summed E-state index contributed by atoms with van der Waals surface area (Å²) in [5.74, 6) is 0.945. The van der Waals surface area contributed by atoms with E-state index < -0.39 is 6.04 Å². The molecule has 0 fully saturated rings. The van der Waals surface area contributed by atoms with E-state index in [1.165, 1.54) is 0 Å². The Morgan fingerprint density at radius 3 is 3.19 bits per heavy atom. The second-order valence-electron chi connectivity index (χ2n) is 3.45. The van der Waals surface area contributed by atoms with E-state index in [1.807, 2.05) is 34.3 Å². The van der Waals surface area contributed by atoms with Crippen LogP contribution in [-0.4, -0.2) is 15.6 Å². The molecule has 0 amide bonds. The summed E-state index contributed by atoms with van der Waals surface area (Å²) in [7, 11) is 0. The molecule has 0 radical (unpaired) electrons. The number of rotatable bonds is 4. The van der Waals surface area contributed by atoms with Crippen molar-refractivity contribution in [3.05, 3.63) is 29.9 Å². The van der Waals surface area contributed by atoms with Gasteiger partial charge < -0.3 is 10.3 Å². The SMILES string of the molecule is N#CC(N)CCn1ccnc1-c1cccs1. The van der Waals surface area contributed by atoms with Gasteiger partial charge in [-0.3, -0.25) is 0 Å². The van der Waals surface area contributed by atoms with Gasteiger partial charge in [0.1, 0.15) is 5.82 Å². The molecular weight excluding hydrogens is 220 g/mol. The van der Waals surface area contributed by atoms with E-state index in [1.54, 1.807) is 17.5 Å². The lowest BCUT2D eigenvalue weighted by Crippen LogP contribution is -2.19. The van der Waals surface area contributed by atoms with E-state index in [9.17, 15) is 0 Å². The smallest absolute Gasteiger partial charge is 0.149 e. The highest BCUT2D eigenvalue weighted by Crippen LogP contribution is 2.22. The van der Waals surface area contributed by atoms with Crippen LogP contribution >= 0.6 is 11.3 Å². The molecule has 2 aromatic rings. The van der Waals surface area contributed by atoms with Crippen LogP contribution < -0.4 is 5.73 Å². The molecule has 4 nitrogen and oxygen atoms in total. The molecule has 5 heteroatoms. The number of nitrogens with zero attached hydrogens (tertiary/aromatic N) is 3. The summed E-state index contributed by atoms with van der Waals surface area (Å²) in [6.07, 6.45) is 4.33. The Balaban J connectivity index is 2.12. The van der Waals surface area contributed by atoms with E-state index in [-0.39, 0.29) is 0 Å². The number of aryl methyl sites for hydroxylation is 1. The summed E-state index contributed by atoms with van der Waals surface area (Å²) in [5, 5.41) is 10.6. The summed E-state index contributed by atoms with van der Waals surface area (Å²) in [6, 6.07) is 5.66. The molecule has 0 bridgehead atoms. The number of nitriles is 1. The third-order valence-electron chi connectivity index (χ3n) is 2.30. The predicted molar refractivity (Wildman–Crippen MR) is 63.7 cm³/mol. The van der Waals surface area contributed by atoms with Crippen molar-refractivity contribution in [2.45, 2.75) is 19.0 Å². The predicted octanol–water partition coefficient (Wildman–Crippen LogP) is 1.85. The van der Waals surface area contributed by atoms with Gasteiger partial charge in [0.2, 0.25) is 0 Å². The van der Waals surface area contributed by atoms with Gasteiger partial charge in [0.25, 0.3) is 0 Å². The van der Waals surface area contributed by atoms with Crippen LogP contribution in [0.4, 0.5) is 0 Å². The molecule has 0 saturated carbocycles. The minimum Gasteiger partial charge on any atom is -0.330 e. The van der Waals surface area contributed by atoms with Crippen molar-refractivity contribution in [2.75, 3.05) is 0 Å². The Kier molecular flexibility index (Phi) is 3.34. The van der Waals surface area contributed by atoms with Gasteiger partial charge in [-0.25, -0.2) is 4.98 Å². The lowest BCUT2D eigenvalue weighted by Gasteiger charge is -2.07. The first kappa shape index (κ1) is 10.9. The second kappa shape index (κ2) is 4.92. The van der Waals surface area contributed by atoms with Crippen molar-refractivity contribution < 1.29 is 0 Å². The fourth-order valence-corrected chi connectivity index (χ4v) is 2.20. The van der Waals surface area contributed by atoms with Gasteiger partial charge in [-0.2, -0.15) is 5.26 Å². The molecule has 1 unspecified atom stereocenters. The number of hydrogen-bond donors (Lipinski definition) is 1. The Bertz CT molecular complexity index is 480. The minimum atomic E-state index is -0.404. The largest absolute Gasteiger partial charge is 0.330 e. The average molecular weight is 232 g/mol. The zero-order chi connectivity index (χ0) is 11.4. The van der Waals surface area contributed by atoms with Gasteiger partial charge in [0.05, 0.1) is 17.0 Å². The number of imidazole rings is 1. The lowest BCUT2D eigenvalue weighted by atomic mass is 10.2. The molecule has 0 spiro atoms. The van der Waals surface area contributed by atoms with Crippen molar-refractivity contribution in [1.29, 1.82) is 5.26 Å². The highest BCUT2D eigenvalue weighted by atomic mass is 32.1. The molecule has 82 valence electrons. The van der Waals surface area contributed by atoms with Crippen LogP contribution in [0.1, 0.15) is 6.42 Å². The van der Waals surface area contributed by atoms with Crippen LogP contribution in [0.2, 0.25) is 0 Å². The molecule has 2 rings (SSSR count). The summed E-state index contributed by atoms with van der Waals surface area (Å²) in [4.78, 5) is 5.45. The Labute approximate surface area is 98.0 Å². The van der Waals surface area contributed by atoms with Crippen LogP contribution in [-0.2, 0) is 6.54 Å². The number of thiophene rings is 1. The first-order chi connectivity index (χ1) is 7.81. The van der Waals surface area contributed by atoms with Crippen LogP contribution in [0.3, 0.4) is 0 Å². The molecular formula is C11H12N4S. The summed E-state index contributed by atoms with van der Waals surface area (Å²) >= 11 is 1.66. The highest BCUT2D eigenvalue weighted by molar-refractivity contribution is 7.13. The van der Waals surface area contributed by atoms with Gasteiger partial charge >= 0.3 is 0 Å². The molecule has 16 heavy (non-hydrogen) atoms. The summed E-state index contributed by atoms with van der Waals surface area (Å²) < 4.78 is 2.03. The Morgan fingerprint density at radius 2 is 2.50 bits per heavy atom. The maximum Gasteiger partial charge on any atom is 0.149 e. The molecule has 0 saturated heterocycles. The zero-order valence-electron chi connectivity index (χ0n) is 8.71. The van der Waals surface area contributed by atoms with Crippen LogP contribution in [0.5, 0.6) is 0 Å². The number of nitrogens with two attached hydrogens (primary N) is 1. The molecule has 0 aromatic carbocycles. The third-order valence-corrected chi connectivity index (χ3v) is 3.17. The van der Waals surface area contributed by atoms with E-state index in [0.29, 0.717) is 6.42 Å². The van der Waals surface area contributed by atoms with Crippen molar-refractivity contribution in [1.82, 2.24) is 9.55 Å². The van der Waals surface area contributed by atoms with Crippen LogP contribution in [0, 0.1) is 11.3 Å². The van der Waals surface area contributed by atoms with Crippen molar-refractivity contribution in [2.24, 2.45) is 5.73 Å². The van der Waals surface area contributed by atoms with Crippen molar-refractivity contribution in [3.8, 4) is 16.8 Å². The van der Waals surface area contributed by atoms with Gasteiger partial charge in [-0.1, -0.05) is 6.07 Å². The first-order valence-corrected chi connectivity index (χ1v) is 5.89. The molecule has 2 heterocycles. The number of aromatic nitrogens is 2. The summed E-state index contributed by atoms with van der Waals surface area (Å²) in [5.41, 5.74) is 5.57. The van der Waals surface area contributed by atoms with Crippen molar-refractivity contribution in [3.63, 3.8) is 0 Å². The Hall–Kier alpha value is -1.64. The third kappa shape index (κ3) is 2.30. The second-order valence-corrected chi connectivity index (χ2v) is 4.39. The molecule has 2 aromatic heterocycles. The fourth-order valence-electron chi connectivity index (χ4n) is 1.46. The summed E-state index contributed by atoms with van der Waals surface area (Å²) in [6.45, 7) is 0.724. The number of hydrogen-bond acceptors (Lipinski definition) is 4. The highest BCUT2D eigenvalue weighted by Gasteiger charge is 2.07.